The zero-order valence-corrected chi connectivity index (χ0v) is 27.0. The Morgan fingerprint density at radius 2 is 1.86 bits per heavy atom. The molecule has 1 amide bonds. The SMILES string of the molecule is C/C(=N\OC(=O)N(CCNCC[N+](C)(C)C)CCOC(F)(F)F)[C@H]1CC[C@H]2[C@@H]3CC=C4C[C@@H](O)CC[C@]4(C)[C@H]3CC[C@]12C. The van der Waals surface area contributed by atoms with E-state index in [-0.39, 0.29) is 35.9 Å². The minimum atomic E-state index is -4.76. The summed E-state index contributed by atoms with van der Waals surface area (Å²) in [6.07, 6.45) is 4.86. The normalized spacial score (nSPS) is 34.6. The lowest BCUT2D eigenvalue weighted by molar-refractivity contribution is -0.869. The van der Waals surface area contributed by atoms with Crippen LogP contribution in [0.2, 0.25) is 0 Å². The van der Waals surface area contributed by atoms with Crippen LogP contribution in [0.25, 0.3) is 0 Å². The summed E-state index contributed by atoms with van der Waals surface area (Å²) in [5, 5.41) is 17.8. The fourth-order valence-corrected chi connectivity index (χ4v) is 8.88. The number of carbonyl (C=O) groups excluding carboxylic acids is 1. The number of hydrogen-bond acceptors (Lipinski definition) is 6. The largest absolute Gasteiger partial charge is 0.522 e. The molecule has 0 saturated heterocycles. The molecule has 0 aromatic carbocycles. The topological polar surface area (TPSA) is 83.4 Å². The van der Waals surface area contributed by atoms with Crippen LogP contribution in [0.5, 0.6) is 0 Å². The van der Waals surface area contributed by atoms with Gasteiger partial charge in [0.2, 0.25) is 0 Å². The fraction of sp³-hybridized carbons (Fsp3) is 0.875. The number of alkyl halides is 3. The van der Waals surface area contributed by atoms with Gasteiger partial charge in [-0.25, -0.2) is 4.79 Å². The second-order valence-corrected chi connectivity index (χ2v) is 15.0. The number of quaternary nitrogens is 1. The number of ether oxygens (including phenoxy) is 1. The third-order valence-electron chi connectivity index (χ3n) is 11.3. The number of oxime groups is 1. The van der Waals surface area contributed by atoms with Crippen molar-refractivity contribution in [3.8, 4) is 0 Å². The standard InChI is InChI=1S/C32H54F3N4O4/c1-22(37-43-29(41)38(18-20-42-32(33,34)35)17-15-36-16-19-39(4,5)6)26-9-10-27-25-8-7-23-21-24(40)11-13-30(23,2)28(25)12-14-31(26,27)3/h7,24-28,36,40H,8-21H2,1-6H3/q+1/b37-22+/t24-,25-,26+,27-,28-,30-,31+/m0/s1. The van der Waals surface area contributed by atoms with Gasteiger partial charge < -0.3 is 19.8 Å². The summed E-state index contributed by atoms with van der Waals surface area (Å²) in [7, 11) is 6.22. The molecule has 3 fully saturated rings. The number of nitrogens with one attached hydrogen (secondary N) is 1. The average Bonchev–Trinajstić information content (AvgIpc) is 3.27. The van der Waals surface area contributed by atoms with Crippen LogP contribution in [0.4, 0.5) is 18.0 Å². The molecule has 7 atom stereocenters. The Bertz CT molecular complexity index is 1040. The first-order valence-electron chi connectivity index (χ1n) is 16.1. The highest BCUT2D eigenvalue weighted by atomic mass is 19.4. The minimum Gasteiger partial charge on any atom is -0.393 e. The Hall–Kier alpha value is -1.69. The summed E-state index contributed by atoms with van der Waals surface area (Å²) in [6.45, 7) is 7.99. The summed E-state index contributed by atoms with van der Waals surface area (Å²) in [4.78, 5) is 19.6. The number of nitrogens with zero attached hydrogens (tertiary/aromatic N) is 3. The molecular weight excluding hydrogens is 561 g/mol. The third-order valence-corrected chi connectivity index (χ3v) is 11.3. The predicted octanol–water partition coefficient (Wildman–Crippen LogP) is 5.57. The second-order valence-electron chi connectivity index (χ2n) is 15.0. The van der Waals surface area contributed by atoms with E-state index in [1.807, 2.05) is 6.92 Å². The van der Waals surface area contributed by atoms with Gasteiger partial charge in [-0.15, -0.1) is 13.2 Å². The molecular formula is C32H54F3N4O4+. The number of aliphatic hydroxyl groups excluding tert-OH is 1. The Labute approximate surface area is 255 Å². The third kappa shape index (κ3) is 8.13. The van der Waals surface area contributed by atoms with Crippen LogP contribution >= 0.6 is 0 Å². The van der Waals surface area contributed by atoms with E-state index in [4.69, 9.17) is 4.84 Å². The molecule has 0 aromatic rings. The van der Waals surface area contributed by atoms with E-state index in [0.717, 1.165) is 68.1 Å². The number of hydrogen-bond donors (Lipinski definition) is 2. The molecule has 0 heterocycles. The predicted molar refractivity (Wildman–Crippen MR) is 160 cm³/mol. The molecule has 8 nitrogen and oxygen atoms in total. The molecule has 43 heavy (non-hydrogen) atoms. The Balaban J connectivity index is 1.37. The van der Waals surface area contributed by atoms with Crippen molar-refractivity contribution < 1.29 is 37.1 Å². The van der Waals surface area contributed by atoms with Crippen LogP contribution < -0.4 is 5.32 Å². The average molecular weight is 616 g/mol. The van der Waals surface area contributed by atoms with Crippen LogP contribution in [0, 0.1) is 34.5 Å². The minimum absolute atomic E-state index is 0.0623. The van der Waals surface area contributed by atoms with Gasteiger partial charge in [0.05, 0.1) is 46.1 Å². The first kappa shape index (κ1) is 34.2. The first-order valence-corrected chi connectivity index (χ1v) is 16.1. The molecule has 0 aliphatic heterocycles. The zero-order chi connectivity index (χ0) is 31.6. The molecule has 3 saturated carbocycles. The maximum absolute atomic E-state index is 13.0. The molecule has 4 rings (SSSR count). The lowest BCUT2D eigenvalue weighted by Gasteiger charge is -2.58. The Kier molecular flexibility index (Phi) is 10.6. The Morgan fingerprint density at radius 3 is 2.56 bits per heavy atom. The van der Waals surface area contributed by atoms with Gasteiger partial charge in [0, 0.05) is 32.1 Å². The van der Waals surface area contributed by atoms with Gasteiger partial charge in [0.1, 0.15) is 0 Å². The van der Waals surface area contributed by atoms with Crippen LogP contribution in [0.3, 0.4) is 0 Å². The fourth-order valence-electron chi connectivity index (χ4n) is 8.88. The summed E-state index contributed by atoms with van der Waals surface area (Å²) in [6, 6.07) is 0. The molecule has 0 unspecified atom stereocenters. The maximum Gasteiger partial charge on any atom is 0.522 e. The lowest BCUT2D eigenvalue weighted by atomic mass is 9.47. The van der Waals surface area contributed by atoms with Gasteiger partial charge >= 0.3 is 12.5 Å². The van der Waals surface area contributed by atoms with E-state index in [1.165, 1.54) is 10.5 Å². The summed E-state index contributed by atoms with van der Waals surface area (Å²) >= 11 is 0. The van der Waals surface area contributed by atoms with E-state index in [0.29, 0.717) is 30.8 Å². The van der Waals surface area contributed by atoms with E-state index in [9.17, 15) is 23.1 Å². The molecule has 2 N–H and O–H groups in total. The first-order chi connectivity index (χ1) is 20.0. The Morgan fingerprint density at radius 1 is 1.12 bits per heavy atom. The number of likely N-dealkylation sites (N-methyl/N-ethyl adjacent to an activating group) is 1. The zero-order valence-electron chi connectivity index (χ0n) is 27.0. The number of amides is 1. The van der Waals surface area contributed by atoms with Crippen molar-refractivity contribution >= 4 is 11.8 Å². The molecule has 4 aliphatic rings. The highest BCUT2D eigenvalue weighted by molar-refractivity contribution is 5.85. The van der Waals surface area contributed by atoms with Gasteiger partial charge in [-0.2, -0.15) is 0 Å². The van der Waals surface area contributed by atoms with Crippen molar-refractivity contribution in [3.05, 3.63) is 11.6 Å². The molecule has 0 aromatic heterocycles. The smallest absolute Gasteiger partial charge is 0.393 e. The lowest BCUT2D eigenvalue weighted by Crippen LogP contribution is -2.50. The van der Waals surface area contributed by atoms with Crippen LogP contribution in [-0.2, 0) is 9.57 Å². The van der Waals surface area contributed by atoms with Gasteiger partial charge in [-0.3, -0.25) is 9.57 Å². The van der Waals surface area contributed by atoms with E-state index < -0.39 is 19.1 Å². The summed E-state index contributed by atoms with van der Waals surface area (Å²) < 4.78 is 42.5. The molecule has 11 heteroatoms. The summed E-state index contributed by atoms with van der Waals surface area (Å²) in [5.74, 6) is 2.00. The highest BCUT2D eigenvalue weighted by Gasteiger charge is 2.59. The van der Waals surface area contributed by atoms with Gasteiger partial charge in [-0.1, -0.05) is 30.7 Å². The van der Waals surface area contributed by atoms with Crippen molar-refractivity contribution in [2.75, 3.05) is 60.5 Å². The van der Waals surface area contributed by atoms with Gasteiger partial charge in [0.25, 0.3) is 0 Å². The highest BCUT2D eigenvalue weighted by Crippen LogP contribution is 2.66. The van der Waals surface area contributed by atoms with Crippen molar-refractivity contribution in [1.82, 2.24) is 10.2 Å². The van der Waals surface area contributed by atoms with Gasteiger partial charge in [0.15, 0.2) is 0 Å². The maximum atomic E-state index is 13.0. The van der Waals surface area contributed by atoms with E-state index >= 15 is 0 Å². The molecule has 0 spiro atoms. The summed E-state index contributed by atoms with van der Waals surface area (Å²) in [5.41, 5.74) is 2.49. The molecule has 0 radical (unpaired) electrons. The van der Waals surface area contributed by atoms with E-state index in [2.05, 4.69) is 56.3 Å². The van der Waals surface area contributed by atoms with Crippen molar-refractivity contribution in [2.24, 2.45) is 39.7 Å². The van der Waals surface area contributed by atoms with Crippen LogP contribution in [-0.4, -0.2) is 99.2 Å². The monoisotopic (exact) mass is 615 g/mol. The van der Waals surface area contributed by atoms with Crippen LogP contribution in [0.1, 0.15) is 72.1 Å². The second kappa shape index (κ2) is 13.3. The van der Waals surface area contributed by atoms with Crippen molar-refractivity contribution in [1.29, 1.82) is 0 Å². The number of fused-ring (bicyclic) bond motifs is 5. The van der Waals surface area contributed by atoms with Crippen LogP contribution in [0.15, 0.2) is 16.8 Å². The van der Waals surface area contributed by atoms with Gasteiger partial charge in [-0.05, 0) is 86.9 Å². The number of carbonyl (C=O) groups is 1. The van der Waals surface area contributed by atoms with E-state index in [1.54, 1.807) is 0 Å². The number of rotatable bonds is 11. The number of aliphatic hydroxyl groups is 1. The van der Waals surface area contributed by atoms with Crippen molar-refractivity contribution in [2.45, 2.75) is 84.6 Å². The molecule has 4 aliphatic carbocycles. The quantitative estimate of drug-likeness (QED) is 0.0793. The van der Waals surface area contributed by atoms with Crippen molar-refractivity contribution in [3.63, 3.8) is 0 Å². The number of halogens is 3. The molecule has 0 bridgehead atoms. The number of allylic oxidation sites excluding steroid dienone is 1. The molecule has 246 valence electrons.